The van der Waals surface area contributed by atoms with Gasteiger partial charge in [0.1, 0.15) is 0 Å². The summed E-state index contributed by atoms with van der Waals surface area (Å²) in [6.07, 6.45) is 0.634. The standard InChI is InChI=1S/C8H7BrFNO2/c1-2-5-3-4-6(11(12)13)8(10)7(5)9/h3-4H,2H2,1H3. The minimum atomic E-state index is -0.802. The Bertz CT molecular complexity index is 354. The van der Waals surface area contributed by atoms with Gasteiger partial charge in [-0.05, 0) is 27.9 Å². The molecule has 1 aromatic carbocycles. The minimum absolute atomic E-state index is 0.184. The molecule has 0 aromatic heterocycles. The third kappa shape index (κ3) is 1.85. The van der Waals surface area contributed by atoms with E-state index in [2.05, 4.69) is 15.9 Å². The first kappa shape index (κ1) is 10.1. The van der Waals surface area contributed by atoms with Crippen molar-refractivity contribution < 1.29 is 9.31 Å². The molecular weight excluding hydrogens is 241 g/mol. The van der Waals surface area contributed by atoms with Crippen LogP contribution in [-0.4, -0.2) is 4.92 Å². The quantitative estimate of drug-likeness (QED) is 0.596. The lowest BCUT2D eigenvalue weighted by Gasteiger charge is -2.01. The van der Waals surface area contributed by atoms with Crippen molar-refractivity contribution in [3.05, 3.63) is 38.1 Å². The Kier molecular flexibility index (Phi) is 2.98. The molecule has 0 saturated heterocycles. The van der Waals surface area contributed by atoms with E-state index in [9.17, 15) is 14.5 Å². The molecule has 0 bridgehead atoms. The number of nitrogens with zero attached hydrogens (tertiary/aromatic N) is 1. The summed E-state index contributed by atoms with van der Waals surface area (Å²) in [5.41, 5.74) is 0.229. The average Bonchev–Trinajstić information content (AvgIpc) is 2.09. The molecular formula is C8H7BrFNO2. The third-order valence-electron chi connectivity index (χ3n) is 1.72. The second-order valence-electron chi connectivity index (χ2n) is 2.48. The van der Waals surface area contributed by atoms with Gasteiger partial charge in [0.15, 0.2) is 0 Å². The van der Waals surface area contributed by atoms with Crippen LogP contribution in [0.1, 0.15) is 12.5 Å². The maximum Gasteiger partial charge on any atom is 0.305 e. The zero-order chi connectivity index (χ0) is 10.0. The predicted octanol–water partition coefficient (Wildman–Crippen LogP) is 3.06. The first-order valence-corrected chi connectivity index (χ1v) is 4.48. The fourth-order valence-electron chi connectivity index (χ4n) is 0.993. The summed E-state index contributed by atoms with van der Waals surface area (Å²) < 4.78 is 13.4. The molecule has 1 rings (SSSR count). The average molecular weight is 248 g/mol. The molecule has 5 heteroatoms. The van der Waals surface area contributed by atoms with Gasteiger partial charge in [-0.2, -0.15) is 4.39 Å². The molecule has 0 fully saturated rings. The summed E-state index contributed by atoms with van der Waals surface area (Å²) in [5.74, 6) is -0.802. The number of rotatable bonds is 2. The lowest BCUT2D eigenvalue weighted by Crippen LogP contribution is -1.95. The highest BCUT2D eigenvalue weighted by Crippen LogP contribution is 2.28. The number of halogens is 2. The molecule has 0 aliphatic rings. The van der Waals surface area contributed by atoms with E-state index in [0.717, 1.165) is 5.56 Å². The summed E-state index contributed by atoms with van der Waals surface area (Å²) >= 11 is 2.98. The molecule has 0 saturated carbocycles. The van der Waals surface area contributed by atoms with E-state index in [1.807, 2.05) is 6.92 Å². The molecule has 1 aromatic rings. The zero-order valence-corrected chi connectivity index (χ0v) is 8.47. The normalized spacial score (nSPS) is 10.1. The largest absolute Gasteiger partial charge is 0.305 e. The van der Waals surface area contributed by atoms with Crippen LogP contribution in [0.5, 0.6) is 0 Å². The monoisotopic (exact) mass is 247 g/mol. The van der Waals surface area contributed by atoms with Crippen molar-refractivity contribution >= 4 is 21.6 Å². The number of benzene rings is 1. The van der Waals surface area contributed by atoms with Crippen molar-refractivity contribution in [1.82, 2.24) is 0 Å². The summed E-state index contributed by atoms with van der Waals surface area (Å²) in [4.78, 5) is 9.58. The van der Waals surface area contributed by atoms with Gasteiger partial charge in [-0.25, -0.2) is 0 Å². The van der Waals surface area contributed by atoms with E-state index < -0.39 is 16.4 Å². The molecule has 0 heterocycles. The fourth-order valence-corrected chi connectivity index (χ4v) is 1.61. The second kappa shape index (κ2) is 3.83. The van der Waals surface area contributed by atoms with E-state index in [0.29, 0.717) is 6.42 Å². The summed E-state index contributed by atoms with van der Waals surface area (Å²) in [7, 11) is 0. The van der Waals surface area contributed by atoms with Gasteiger partial charge in [0.05, 0.1) is 9.40 Å². The Labute approximate surface area is 82.8 Å². The van der Waals surface area contributed by atoms with Gasteiger partial charge in [0.2, 0.25) is 5.82 Å². The van der Waals surface area contributed by atoms with Crippen LogP contribution in [0, 0.1) is 15.9 Å². The van der Waals surface area contributed by atoms with Gasteiger partial charge in [-0.1, -0.05) is 13.0 Å². The zero-order valence-electron chi connectivity index (χ0n) is 6.88. The van der Waals surface area contributed by atoms with Crippen LogP contribution in [-0.2, 0) is 6.42 Å². The Hall–Kier alpha value is -0.970. The molecule has 13 heavy (non-hydrogen) atoms. The van der Waals surface area contributed by atoms with Gasteiger partial charge in [0.25, 0.3) is 0 Å². The first-order valence-electron chi connectivity index (χ1n) is 3.69. The molecule has 70 valence electrons. The Morgan fingerprint density at radius 2 is 2.23 bits per heavy atom. The van der Waals surface area contributed by atoms with E-state index in [1.54, 1.807) is 6.07 Å². The lowest BCUT2D eigenvalue weighted by molar-refractivity contribution is -0.387. The minimum Gasteiger partial charge on any atom is -0.258 e. The van der Waals surface area contributed by atoms with Gasteiger partial charge >= 0.3 is 5.69 Å². The lowest BCUT2D eigenvalue weighted by atomic mass is 10.1. The van der Waals surface area contributed by atoms with Crippen LogP contribution >= 0.6 is 15.9 Å². The first-order chi connectivity index (χ1) is 6.07. The van der Waals surface area contributed by atoms with Crippen molar-refractivity contribution in [2.24, 2.45) is 0 Å². The number of nitro groups is 1. The van der Waals surface area contributed by atoms with Gasteiger partial charge in [0, 0.05) is 6.07 Å². The Balaban J connectivity index is 3.31. The maximum absolute atomic E-state index is 13.2. The number of hydrogen-bond acceptors (Lipinski definition) is 2. The molecule has 0 spiro atoms. The van der Waals surface area contributed by atoms with E-state index in [-0.39, 0.29) is 4.47 Å². The van der Waals surface area contributed by atoms with Crippen LogP contribution in [0.25, 0.3) is 0 Å². The second-order valence-corrected chi connectivity index (χ2v) is 3.28. The number of nitro benzene ring substituents is 1. The van der Waals surface area contributed by atoms with Crippen LogP contribution in [0.15, 0.2) is 16.6 Å². The Morgan fingerprint density at radius 3 is 2.69 bits per heavy atom. The molecule has 0 aliphatic heterocycles. The van der Waals surface area contributed by atoms with Gasteiger partial charge in [-0.15, -0.1) is 0 Å². The highest BCUT2D eigenvalue weighted by atomic mass is 79.9. The predicted molar refractivity (Wildman–Crippen MR) is 50.1 cm³/mol. The number of aryl methyl sites for hydroxylation is 1. The molecule has 0 N–H and O–H groups in total. The summed E-state index contributed by atoms with van der Waals surface area (Å²) in [6, 6.07) is 2.73. The third-order valence-corrected chi connectivity index (χ3v) is 2.58. The SMILES string of the molecule is CCc1ccc([N+](=O)[O-])c(F)c1Br. The van der Waals surface area contributed by atoms with Gasteiger partial charge < -0.3 is 0 Å². The summed E-state index contributed by atoms with van der Waals surface area (Å²) in [6.45, 7) is 1.85. The molecule has 0 aliphatic carbocycles. The van der Waals surface area contributed by atoms with Crippen LogP contribution < -0.4 is 0 Å². The molecule has 0 radical (unpaired) electrons. The van der Waals surface area contributed by atoms with Crippen molar-refractivity contribution in [1.29, 1.82) is 0 Å². The highest BCUT2D eigenvalue weighted by molar-refractivity contribution is 9.10. The van der Waals surface area contributed by atoms with E-state index >= 15 is 0 Å². The molecule has 0 atom stereocenters. The number of hydrogen-bond donors (Lipinski definition) is 0. The van der Waals surface area contributed by atoms with Crippen LogP contribution in [0.2, 0.25) is 0 Å². The molecule has 0 unspecified atom stereocenters. The molecule has 3 nitrogen and oxygen atoms in total. The van der Waals surface area contributed by atoms with Crippen LogP contribution in [0.3, 0.4) is 0 Å². The smallest absolute Gasteiger partial charge is 0.258 e. The topological polar surface area (TPSA) is 43.1 Å². The highest BCUT2D eigenvalue weighted by Gasteiger charge is 2.18. The Morgan fingerprint density at radius 1 is 1.62 bits per heavy atom. The van der Waals surface area contributed by atoms with Crippen LogP contribution in [0.4, 0.5) is 10.1 Å². The summed E-state index contributed by atoms with van der Waals surface area (Å²) in [5, 5.41) is 10.3. The maximum atomic E-state index is 13.2. The fraction of sp³-hybridized carbons (Fsp3) is 0.250. The van der Waals surface area contributed by atoms with Crippen molar-refractivity contribution in [3.8, 4) is 0 Å². The van der Waals surface area contributed by atoms with Gasteiger partial charge in [-0.3, -0.25) is 10.1 Å². The molecule has 0 amide bonds. The van der Waals surface area contributed by atoms with Crippen molar-refractivity contribution in [2.75, 3.05) is 0 Å². The van der Waals surface area contributed by atoms with Crippen molar-refractivity contribution in [3.63, 3.8) is 0 Å². The van der Waals surface area contributed by atoms with E-state index in [4.69, 9.17) is 0 Å². The van der Waals surface area contributed by atoms with E-state index in [1.165, 1.54) is 6.07 Å². The van der Waals surface area contributed by atoms with Crippen molar-refractivity contribution in [2.45, 2.75) is 13.3 Å².